The maximum atomic E-state index is 13.1. The molecule has 5 nitrogen and oxygen atoms in total. The van der Waals surface area contributed by atoms with Crippen molar-refractivity contribution in [1.82, 2.24) is 0 Å². The number of hydrogen-bond acceptors (Lipinski definition) is 4. The summed E-state index contributed by atoms with van der Waals surface area (Å²) < 4.78 is 5.44. The number of ether oxygens (including phenoxy) is 1. The average Bonchev–Trinajstić information content (AvgIpc) is 3.03. The number of rotatable bonds is 4. The van der Waals surface area contributed by atoms with E-state index in [-0.39, 0.29) is 5.91 Å². The van der Waals surface area contributed by atoms with Crippen LogP contribution in [0.5, 0.6) is 5.75 Å². The number of hydrogen-bond donors (Lipinski definition) is 2. The van der Waals surface area contributed by atoms with E-state index in [9.17, 15) is 9.59 Å². The summed E-state index contributed by atoms with van der Waals surface area (Å²) in [6, 6.07) is 11.4. The number of fused-ring (bicyclic) bond motifs is 2. The molecule has 2 amide bonds. The summed E-state index contributed by atoms with van der Waals surface area (Å²) in [5.74, 6) is 0.195. The molecule has 3 aromatic rings. The van der Waals surface area contributed by atoms with E-state index in [1.165, 1.54) is 11.3 Å². The van der Waals surface area contributed by atoms with Crippen molar-refractivity contribution >= 4 is 38.9 Å². The molecule has 1 unspecified atom stereocenters. The van der Waals surface area contributed by atoms with Gasteiger partial charge in [0.25, 0.3) is 11.8 Å². The lowest BCUT2D eigenvalue weighted by atomic mass is 9.87. The van der Waals surface area contributed by atoms with Gasteiger partial charge in [0.2, 0.25) is 0 Å². The van der Waals surface area contributed by atoms with Crippen LogP contribution in [-0.2, 0) is 12.8 Å². The standard InChI is InChI=1S/C22H22N2O3S/c1-12-7-8-18-16(9-12)19(20(23)25)22(28-18)24-21(26)15-10-13-5-3-4-6-14(13)11-17(15)27-2/h3-6,10-12H,7-9H2,1-2H3,(H2,23,25)(H,24,26). The van der Waals surface area contributed by atoms with Crippen molar-refractivity contribution in [3.05, 3.63) is 58.0 Å². The first-order chi connectivity index (χ1) is 13.5. The van der Waals surface area contributed by atoms with Crippen molar-refractivity contribution in [2.45, 2.75) is 26.2 Å². The zero-order valence-corrected chi connectivity index (χ0v) is 16.7. The van der Waals surface area contributed by atoms with Gasteiger partial charge in [0.15, 0.2) is 0 Å². The number of thiophene rings is 1. The molecule has 0 radical (unpaired) electrons. The highest BCUT2D eigenvalue weighted by Gasteiger charge is 2.28. The number of carbonyl (C=O) groups is 2. The smallest absolute Gasteiger partial charge is 0.260 e. The molecule has 0 fully saturated rings. The van der Waals surface area contributed by atoms with Crippen LogP contribution in [0.15, 0.2) is 36.4 Å². The first-order valence-corrected chi connectivity index (χ1v) is 10.1. The van der Waals surface area contributed by atoms with Crippen LogP contribution in [-0.4, -0.2) is 18.9 Å². The number of benzene rings is 2. The molecule has 1 aromatic heterocycles. The van der Waals surface area contributed by atoms with E-state index in [2.05, 4.69) is 12.2 Å². The molecule has 28 heavy (non-hydrogen) atoms. The Labute approximate surface area is 167 Å². The second-order valence-electron chi connectivity index (χ2n) is 7.27. The normalized spacial score (nSPS) is 15.9. The van der Waals surface area contributed by atoms with Gasteiger partial charge in [-0.25, -0.2) is 0 Å². The Kier molecular flexibility index (Phi) is 4.81. The SMILES string of the molecule is COc1cc2ccccc2cc1C(=O)Nc1sc2c(c1C(N)=O)CC(C)CC2. The molecule has 1 heterocycles. The Balaban J connectivity index is 1.73. The van der Waals surface area contributed by atoms with E-state index in [0.29, 0.717) is 27.8 Å². The van der Waals surface area contributed by atoms with Crippen LogP contribution in [0.4, 0.5) is 5.00 Å². The van der Waals surface area contributed by atoms with Gasteiger partial charge in [-0.15, -0.1) is 11.3 Å². The van der Waals surface area contributed by atoms with E-state index >= 15 is 0 Å². The number of nitrogens with two attached hydrogens (primary N) is 1. The first kappa shape index (κ1) is 18.5. The van der Waals surface area contributed by atoms with Crippen LogP contribution in [0.1, 0.15) is 44.5 Å². The van der Waals surface area contributed by atoms with Gasteiger partial charge in [-0.3, -0.25) is 9.59 Å². The molecular formula is C22H22N2O3S. The Bertz CT molecular complexity index is 1090. The molecule has 0 saturated heterocycles. The summed E-state index contributed by atoms with van der Waals surface area (Å²) in [6.07, 6.45) is 2.81. The van der Waals surface area contributed by atoms with Crippen molar-refractivity contribution in [3.63, 3.8) is 0 Å². The molecule has 2 aromatic carbocycles. The minimum atomic E-state index is -0.493. The zero-order valence-electron chi connectivity index (χ0n) is 15.9. The minimum Gasteiger partial charge on any atom is -0.496 e. The number of nitrogens with one attached hydrogen (secondary N) is 1. The van der Waals surface area contributed by atoms with Crippen LogP contribution in [0.25, 0.3) is 10.8 Å². The van der Waals surface area contributed by atoms with Crippen LogP contribution in [0.3, 0.4) is 0 Å². The Morgan fingerprint density at radius 1 is 1.21 bits per heavy atom. The fraction of sp³-hybridized carbons (Fsp3) is 0.273. The zero-order chi connectivity index (χ0) is 19.8. The summed E-state index contributed by atoms with van der Waals surface area (Å²) in [7, 11) is 1.54. The largest absolute Gasteiger partial charge is 0.496 e. The summed E-state index contributed by atoms with van der Waals surface area (Å²) in [5, 5.41) is 5.39. The van der Waals surface area contributed by atoms with Crippen molar-refractivity contribution in [2.75, 3.05) is 12.4 Å². The monoisotopic (exact) mass is 394 g/mol. The summed E-state index contributed by atoms with van der Waals surface area (Å²) >= 11 is 1.46. The molecule has 0 aliphatic heterocycles. The van der Waals surface area contributed by atoms with Crippen molar-refractivity contribution in [2.24, 2.45) is 11.7 Å². The van der Waals surface area contributed by atoms with E-state index < -0.39 is 5.91 Å². The van der Waals surface area contributed by atoms with Gasteiger partial charge < -0.3 is 15.8 Å². The lowest BCUT2D eigenvalue weighted by Crippen LogP contribution is -2.20. The molecule has 0 saturated carbocycles. The predicted octanol–water partition coefficient (Wildman–Crippen LogP) is 4.39. The fourth-order valence-corrected chi connectivity index (χ4v) is 5.09. The number of carbonyl (C=O) groups excluding carboxylic acids is 2. The third kappa shape index (κ3) is 3.24. The van der Waals surface area contributed by atoms with Crippen molar-refractivity contribution in [3.8, 4) is 5.75 Å². The predicted molar refractivity (Wildman–Crippen MR) is 112 cm³/mol. The maximum Gasteiger partial charge on any atom is 0.260 e. The van der Waals surface area contributed by atoms with E-state index in [1.807, 2.05) is 36.4 Å². The fourth-order valence-electron chi connectivity index (χ4n) is 3.84. The lowest BCUT2D eigenvalue weighted by Gasteiger charge is -2.18. The van der Waals surface area contributed by atoms with Gasteiger partial charge >= 0.3 is 0 Å². The third-order valence-electron chi connectivity index (χ3n) is 5.29. The van der Waals surface area contributed by atoms with Crippen LogP contribution < -0.4 is 15.8 Å². The molecule has 0 bridgehead atoms. The van der Waals surface area contributed by atoms with Gasteiger partial charge in [0, 0.05) is 4.88 Å². The van der Waals surface area contributed by atoms with Gasteiger partial charge in [-0.05, 0) is 53.6 Å². The first-order valence-electron chi connectivity index (χ1n) is 9.30. The van der Waals surface area contributed by atoms with Crippen molar-refractivity contribution in [1.29, 1.82) is 0 Å². The Hall–Kier alpha value is -2.86. The van der Waals surface area contributed by atoms with Crippen LogP contribution in [0.2, 0.25) is 0 Å². The second-order valence-corrected chi connectivity index (χ2v) is 8.38. The highest BCUT2D eigenvalue weighted by Crippen LogP contribution is 2.40. The summed E-state index contributed by atoms with van der Waals surface area (Å²) in [5.41, 5.74) is 7.55. The van der Waals surface area contributed by atoms with Crippen LogP contribution in [0, 0.1) is 5.92 Å². The Morgan fingerprint density at radius 2 is 1.93 bits per heavy atom. The number of primary amides is 1. The van der Waals surface area contributed by atoms with E-state index in [0.717, 1.165) is 40.5 Å². The summed E-state index contributed by atoms with van der Waals surface area (Å²) in [4.78, 5) is 26.3. The quantitative estimate of drug-likeness (QED) is 0.689. The molecule has 3 N–H and O–H groups in total. The van der Waals surface area contributed by atoms with E-state index in [4.69, 9.17) is 10.5 Å². The molecule has 1 aliphatic rings. The topological polar surface area (TPSA) is 81.4 Å². The molecule has 144 valence electrons. The molecule has 6 heteroatoms. The highest BCUT2D eigenvalue weighted by molar-refractivity contribution is 7.17. The van der Waals surface area contributed by atoms with Gasteiger partial charge in [0.1, 0.15) is 10.8 Å². The van der Waals surface area contributed by atoms with Gasteiger partial charge in [0.05, 0.1) is 18.2 Å². The second kappa shape index (κ2) is 7.28. The molecule has 0 spiro atoms. The lowest BCUT2D eigenvalue weighted by molar-refractivity contribution is 0.1000. The van der Waals surface area contributed by atoms with E-state index in [1.54, 1.807) is 7.11 Å². The van der Waals surface area contributed by atoms with Gasteiger partial charge in [-0.1, -0.05) is 31.2 Å². The minimum absolute atomic E-state index is 0.309. The molecule has 1 atom stereocenters. The summed E-state index contributed by atoms with van der Waals surface area (Å²) in [6.45, 7) is 2.17. The number of aryl methyl sites for hydroxylation is 1. The molecular weight excluding hydrogens is 372 g/mol. The molecule has 1 aliphatic carbocycles. The maximum absolute atomic E-state index is 13.1. The highest BCUT2D eigenvalue weighted by atomic mass is 32.1. The van der Waals surface area contributed by atoms with Crippen LogP contribution >= 0.6 is 11.3 Å². The third-order valence-corrected chi connectivity index (χ3v) is 6.50. The van der Waals surface area contributed by atoms with Gasteiger partial charge in [-0.2, -0.15) is 0 Å². The molecule has 4 rings (SSSR count). The number of methoxy groups -OCH3 is 1. The Morgan fingerprint density at radius 3 is 2.61 bits per heavy atom. The number of amides is 2. The average molecular weight is 394 g/mol. The number of anilines is 1. The van der Waals surface area contributed by atoms with Crippen molar-refractivity contribution < 1.29 is 14.3 Å².